The Morgan fingerprint density at radius 2 is 1.83 bits per heavy atom. The molecule has 4 aromatic rings. The summed E-state index contributed by atoms with van der Waals surface area (Å²) in [5.41, 5.74) is 2.96. The highest BCUT2D eigenvalue weighted by atomic mass is 16.1. The van der Waals surface area contributed by atoms with E-state index in [1.165, 1.54) is 0 Å². The number of pyridine rings is 2. The van der Waals surface area contributed by atoms with E-state index in [0.29, 0.717) is 12.2 Å². The van der Waals surface area contributed by atoms with E-state index in [-0.39, 0.29) is 5.91 Å². The second-order valence-electron chi connectivity index (χ2n) is 5.26. The maximum Gasteiger partial charge on any atom is 0.272 e. The second kappa shape index (κ2) is 5.53. The highest BCUT2D eigenvalue weighted by molar-refractivity contribution is 6.13. The van der Waals surface area contributed by atoms with Crippen LogP contribution in [0.15, 0.2) is 60.9 Å². The Labute approximate surface area is 132 Å². The van der Waals surface area contributed by atoms with E-state index in [1.807, 2.05) is 48.5 Å². The minimum absolute atomic E-state index is 0.215. The third kappa shape index (κ3) is 2.42. The number of benzene rings is 1. The van der Waals surface area contributed by atoms with Gasteiger partial charge in [-0.15, -0.1) is 0 Å². The molecule has 3 aromatic heterocycles. The summed E-state index contributed by atoms with van der Waals surface area (Å²) in [5.74, 6) is -0.215. The molecule has 0 aliphatic rings. The molecule has 23 heavy (non-hydrogen) atoms. The lowest BCUT2D eigenvalue weighted by molar-refractivity contribution is 0.0947. The van der Waals surface area contributed by atoms with Crippen LogP contribution in [0.3, 0.4) is 0 Å². The van der Waals surface area contributed by atoms with Crippen LogP contribution in [0.4, 0.5) is 0 Å². The van der Waals surface area contributed by atoms with Crippen molar-refractivity contribution in [2.24, 2.45) is 0 Å². The van der Waals surface area contributed by atoms with Crippen molar-refractivity contribution in [2.75, 3.05) is 0 Å². The number of nitrogens with one attached hydrogen (secondary N) is 2. The van der Waals surface area contributed by atoms with Crippen LogP contribution in [0.1, 0.15) is 16.2 Å². The summed E-state index contributed by atoms with van der Waals surface area (Å²) in [6.45, 7) is 0.373. The molecule has 112 valence electrons. The maximum absolute atomic E-state index is 12.5. The van der Waals surface area contributed by atoms with E-state index in [9.17, 15) is 4.79 Å². The van der Waals surface area contributed by atoms with Crippen LogP contribution in [-0.4, -0.2) is 20.9 Å². The molecule has 1 aromatic carbocycles. The van der Waals surface area contributed by atoms with Gasteiger partial charge >= 0.3 is 0 Å². The largest absolute Gasteiger partial charge is 0.353 e. The van der Waals surface area contributed by atoms with Gasteiger partial charge in [-0.3, -0.25) is 9.78 Å². The zero-order valence-corrected chi connectivity index (χ0v) is 12.3. The van der Waals surface area contributed by atoms with Crippen molar-refractivity contribution in [1.29, 1.82) is 0 Å². The molecule has 0 fully saturated rings. The normalized spacial score (nSPS) is 11.0. The predicted molar refractivity (Wildman–Crippen MR) is 89.0 cm³/mol. The molecular weight excluding hydrogens is 288 g/mol. The number of aromatic nitrogens is 3. The maximum atomic E-state index is 12.5. The number of nitrogens with zero attached hydrogens (tertiary/aromatic N) is 2. The average Bonchev–Trinajstić information content (AvgIpc) is 2.99. The molecule has 0 saturated heterocycles. The molecule has 0 bridgehead atoms. The molecule has 5 nitrogen and oxygen atoms in total. The van der Waals surface area contributed by atoms with Crippen molar-refractivity contribution >= 4 is 27.7 Å². The summed E-state index contributed by atoms with van der Waals surface area (Å²) >= 11 is 0. The third-order valence-corrected chi connectivity index (χ3v) is 3.80. The lowest BCUT2D eigenvalue weighted by Crippen LogP contribution is -2.24. The minimum Gasteiger partial charge on any atom is -0.353 e. The van der Waals surface area contributed by atoms with Crippen LogP contribution in [0, 0.1) is 0 Å². The summed E-state index contributed by atoms with van der Waals surface area (Å²) in [6, 6.07) is 15.5. The Morgan fingerprint density at radius 3 is 2.70 bits per heavy atom. The van der Waals surface area contributed by atoms with Crippen LogP contribution in [0.2, 0.25) is 0 Å². The van der Waals surface area contributed by atoms with Gasteiger partial charge in [0, 0.05) is 28.7 Å². The van der Waals surface area contributed by atoms with Crippen molar-refractivity contribution in [3.8, 4) is 0 Å². The van der Waals surface area contributed by atoms with Crippen molar-refractivity contribution in [2.45, 2.75) is 6.54 Å². The minimum atomic E-state index is -0.215. The number of amides is 1. The van der Waals surface area contributed by atoms with Gasteiger partial charge in [-0.05, 0) is 24.3 Å². The van der Waals surface area contributed by atoms with Gasteiger partial charge in [0.05, 0.1) is 17.8 Å². The fourth-order valence-corrected chi connectivity index (χ4v) is 2.70. The van der Waals surface area contributed by atoms with Crippen LogP contribution in [0.25, 0.3) is 21.8 Å². The molecule has 0 radical (unpaired) electrons. The molecule has 0 aliphatic heterocycles. The monoisotopic (exact) mass is 302 g/mol. The number of carbonyl (C=O) groups is 1. The lowest BCUT2D eigenvalue weighted by Gasteiger charge is -2.05. The number of fused-ring (bicyclic) bond motifs is 3. The topological polar surface area (TPSA) is 70.7 Å². The smallest absolute Gasteiger partial charge is 0.272 e. The fourth-order valence-electron chi connectivity index (χ4n) is 2.70. The molecule has 0 saturated carbocycles. The molecule has 0 spiro atoms. The molecule has 0 unspecified atom stereocenters. The Kier molecular flexibility index (Phi) is 3.24. The number of carbonyl (C=O) groups excluding carboxylic acids is 1. The van der Waals surface area contributed by atoms with E-state index >= 15 is 0 Å². The van der Waals surface area contributed by atoms with Crippen molar-refractivity contribution in [3.63, 3.8) is 0 Å². The number of hydrogen-bond donors (Lipinski definition) is 2. The van der Waals surface area contributed by atoms with Gasteiger partial charge in [0.15, 0.2) is 5.69 Å². The number of hydrogen-bond acceptors (Lipinski definition) is 3. The highest BCUT2D eigenvalue weighted by Crippen LogP contribution is 2.26. The second-order valence-corrected chi connectivity index (χ2v) is 5.26. The van der Waals surface area contributed by atoms with Crippen LogP contribution in [0.5, 0.6) is 0 Å². The van der Waals surface area contributed by atoms with Crippen molar-refractivity contribution in [1.82, 2.24) is 20.3 Å². The Hall–Kier alpha value is -3.21. The summed E-state index contributed by atoms with van der Waals surface area (Å²) in [7, 11) is 0. The van der Waals surface area contributed by atoms with Gasteiger partial charge in [0.1, 0.15) is 0 Å². The van der Waals surface area contributed by atoms with Crippen molar-refractivity contribution < 1.29 is 4.79 Å². The van der Waals surface area contributed by atoms with Gasteiger partial charge in [-0.1, -0.05) is 24.3 Å². The molecule has 4 rings (SSSR count). The number of H-pyrrole nitrogens is 1. The quantitative estimate of drug-likeness (QED) is 0.611. The third-order valence-electron chi connectivity index (χ3n) is 3.80. The first kappa shape index (κ1) is 13.5. The average molecular weight is 302 g/mol. The Morgan fingerprint density at radius 1 is 0.957 bits per heavy atom. The highest BCUT2D eigenvalue weighted by Gasteiger charge is 2.14. The Bertz CT molecular complexity index is 992. The number of rotatable bonds is 3. The first-order valence-electron chi connectivity index (χ1n) is 7.36. The summed E-state index contributed by atoms with van der Waals surface area (Å²) in [4.78, 5) is 24.2. The van der Waals surface area contributed by atoms with Gasteiger partial charge in [-0.25, -0.2) is 4.98 Å². The van der Waals surface area contributed by atoms with Gasteiger partial charge < -0.3 is 10.3 Å². The molecule has 1 amide bonds. The summed E-state index contributed by atoms with van der Waals surface area (Å²) in [6.07, 6.45) is 3.37. The first-order valence-corrected chi connectivity index (χ1v) is 7.36. The van der Waals surface area contributed by atoms with Crippen LogP contribution < -0.4 is 5.32 Å². The summed E-state index contributed by atoms with van der Waals surface area (Å²) in [5, 5.41) is 4.95. The Balaban J connectivity index is 1.69. The predicted octanol–water partition coefficient (Wildman–Crippen LogP) is 3.04. The van der Waals surface area contributed by atoms with Gasteiger partial charge in [0.25, 0.3) is 5.91 Å². The van der Waals surface area contributed by atoms with E-state index in [2.05, 4.69) is 20.3 Å². The summed E-state index contributed by atoms with van der Waals surface area (Å²) < 4.78 is 0. The van der Waals surface area contributed by atoms with Crippen molar-refractivity contribution in [3.05, 3.63) is 72.3 Å². The van der Waals surface area contributed by atoms with E-state index in [4.69, 9.17) is 0 Å². The van der Waals surface area contributed by atoms with Crippen LogP contribution >= 0.6 is 0 Å². The zero-order valence-electron chi connectivity index (χ0n) is 12.3. The lowest BCUT2D eigenvalue weighted by atomic mass is 10.1. The molecular formula is C18H14N4O. The van der Waals surface area contributed by atoms with Gasteiger partial charge in [0.2, 0.25) is 0 Å². The molecule has 5 heteroatoms. The molecule has 3 heterocycles. The fraction of sp³-hybridized carbons (Fsp3) is 0.0556. The first-order chi connectivity index (χ1) is 11.3. The van der Waals surface area contributed by atoms with Gasteiger partial charge in [-0.2, -0.15) is 0 Å². The molecule has 2 N–H and O–H groups in total. The standard InChI is InChI=1S/C18H14N4O/c23-18(21-11-12-5-3-4-9-19-12)17-16-14(8-10-20-17)13-6-1-2-7-15(13)22-16/h1-10,22H,11H2,(H,21,23). The molecule has 0 aliphatic carbocycles. The SMILES string of the molecule is O=C(NCc1ccccn1)c1nccc2c1[nH]c1ccccc12. The van der Waals surface area contributed by atoms with E-state index in [0.717, 1.165) is 27.5 Å². The molecule has 0 atom stereocenters. The number of aromatic amines is 1. The van der Waals surface area contributed by atoms with E-state index in [1.54, 1.807) is 12.4 Å². The van der Waals surface area contributed by atoms with Crippen LogP contribution in [-0.2, 0) is 6.54 Å². The van der Waals surface area contributed by atoms with E-state index < -0.39 is 0 Å². The number of para-hydroxylation sites is 1. The zero-order chi connectivity index (χ0) is 15.6.